The Morgan fingerprint density at radius 2 is 1.88 bits per heavy atom. The number of ether oxygens (including phenoxy) is 1. The number of methoxy groups -OCH3 is 1. The second kappa shape index (κ2) is 3.93. The minimum atomic E-state index is -0.377. The topological polar surface area (TPSA) is 43.4 Å². The van der Waals surface area contributed by atoms with E-state index in [-0.39, 0.29) is 11.8 Å². The first kappa shape index (κ1) is 10.6. The van der Waals surface area contributed by atoms with Crippen molar-refractivity contribution in [1.82, 2.24) is 0 Å². The molecule has 0 aromatic heterocycles. The highest BCUT2D eigenvalue weighted by molar-refractivity contribution is 6.23. The first-order valence-electron chi connectivity index (χ1n) is 5.06. The number of esters is 1. The molecular weight excluding hydrogens is 204 g/mol. The lowest BCUT2D eigenvalue weighted by Crippen LogP contribution is -2.16. The molecule has 1 aliphatic carbocycles. The molecule has 3 nitrogen and oxygen atoms in total. The molecule has 1 aromatic carbocycles. The van der Waals surface area contributed by atoms with Crippen molar-refractivity contribution < 1.29 is 14.3 Å². The molecule has 0 saturated carbocycles. The van der Waals surface area contributed by atoms with Crippen LogP contribution in [0.15, 0.2) is 29.8 Å². The Morgan fingerprint density at radius 1 is 1.25 bits per heavy atom. The fourth-order valence-corrected chi connectivity index (χ4v) is 1.98. The van der Waals surface area contributed by atoms with E-state index in [4.69, 9.17) is 4.74 Å². The van der Waals surface area contributed by atoms with Crippen molar-refractivity contribution in [1.29, 1.82) is 0 Å². The number of benzene rings is 1. The zero-order valence-corrected chi connectivity index (χ0v) is 9.24. The second-order valence-corrected chi connectivity index (χ2v) is 3.79. The van der Waals surface area contributed by atoms with Gasteiger partial charge in [-0.3, -0.25) is 4.79 Å². The molecule has 1 aromatic rings. The van der Waals surface area contributed by atoms with Gasteiger partial charge in [-0.2, -0.15) is 0 Å². The maximum absolute atomic E-state index is 11.8. The number of carbonyl (C=O) groups excluding carboxylic acids is 2. The summed E-state index contributed by atoms with van der Waals surface area (Å²) in [4.78, 5) is 23.4. The molecule has 0 bridgehead atoms. The van der Waals surface area contributed by atoms with Crippen molar-refractivity contribution in [3.63, 3.8) is 0 Å². The Kier molecular flexibility index (Phi) is 2.60. The van der Waals surface area contributed by atoms with Gasteiger partial charge in [0.05, 0.1) is 12.7 Å². The molecule has 0 N–H and O–H groups in total. The maximum atomic E-state index is 11.8. The minimum Gasteiger partial charge on any atom is -0.465 e. The van der Waals surface area contributed by atoms with E-state index in [2.05, 4.69) is 0 Å². The number of hydrogen-bond donors (Lipinski definition) is 0. The van der Waals surface area contributed by atoms with Crippen molar-refractivity contribution >= 4 is 17.3 Å². The predicted octanol–water partition coefficient (Wildman–Crippen LogP) is 2.22. The number of rotatable bonds is 1. The molecular formula is C13H12O3. The van der Waals surface area contributed by atoms with Crippen LogP contribution in [0.4, 0.5) is 0 Å². The molecule has 0 heterocycles. The van der Waals surface area contributed by atoms with E-state index < -0.39 is 0 Å². The molecule has 0 spiro atoms. The van der Waals surface area contributed by atoms with Gasteiger partial charge in [0.25, 0.3) is 0 Å². The highest BCUT2D eigenvalue weighted by Gasteiger charge is 2.26. The van der Waals surface area contributed by atoms with Gasteiger partial charge in [0.15, 0.2) is 5.78 Å². The van der Waals surface area contributed by atoms with Crippen LogP contribution in [0.2, 0.25) is 0 Å². The van der Waals surface area contributed by atoms with Gasteiger partial charge in [-0.15, -0.1) is 0 Å². The van der Waals surface area contributed by atoms with Crippen molar-refractivity contribution in [3.8, 4) is 0 Å². The number of fused-ring (bicyclic) bond motifs is 1. The summed E-state index contributed by atoms with van der Waals surface area (Å²) in [6, 6.07) is 7.13. The molecule has 0 saturated heterocycles. The van der Waals surface area contributed by atoms with Gasteiger partial charge in [-0.05, 0) is 12.5 Å². The van der Waals surface area contributed by atoms with Crippen LogP contribution >= 0.6 is 0 Å². The first-order chi connectivity index (χ1) is 7.65. The van der Waals surface area contributed by atoms with Crippen LogP contribution in [0.25, 0.3) is 5.57 Å². The number of allylic oxidation sites excluding steroid dienone is 1. The lowest BCUT2D eigenvalue weighted by atomic mass is 9.85. The van der Waals surface area contributed by atoms with Crippen molar-refractivity contribution in [2.45, 2.75) is 13.3 Å². The average Bonchev–Trinajstić information content (AvgIpc) is 2.28. The number of ketones is 1. The van der Waals surface area contributed by atoms with Crippen LogP contribution in [0.1, 0.15) is 29.3 Å². The van der Waals surface area contributed by atoms with Gasteiger partial charge >= 0.3 is 5.97 Å². The second-order valence-electron chi connectivity index (χ2n) is 3.79. The van der Waals surface area contributed by atoms with Gasteiger partial charge in [0.2, 0.25) is 0 Å². The van der Waals surface area contributed by atoms with Crippen LogP contribution in [-0.4, -0.2) is 18.9 Å². The first-order valence-corrected chi connectivity index (χ1v) is 5.06. The van der Waals surface area contributed by atoms with E-state index in [9.17, 15) is 9.59 Å². The summed E-state index contributed by atoms with van der Waals surface area (Å²) in [5.74, 6) is -0.321. The van der Waals surface area contributed by atoms with Gasteiger partial charge in [0.1, 0.15) is 0 Å². The van der Waals surface area contributed by atoms with Crippen molar-refractivity contribution in [2.75, 3.05) is 7.11 Å². The van der Waals surface area contributed by atoms with E-state index in [0.717, 1.165) is 5.57 Å². The Hall–Kier alpha value is -1.90. The summed E-state index contributed by atoms with van der Waals surface area (Å²) in [6.07, 6.45) is 0.293. The molecule has 3 heteroatoms. The Morgan fingerprint density at radius 3 is 2.50 bits per heavy atom. The van der Waals surface area contributed by atoms with E-state index >= 15 is 0 Å². The van der Waals surface area contributed by atoms with Crippen molar-refractivity contribution in [3.05, 3.63) is 41.0 Å². The quantitative estimate of drug-likeness (QED) is 0.676. The SMILES string of the molecule is COC(=O)C1=C(C)CC(=O)c2ccccc21. The van der Waals surface area contributed by atoms with Crippen LogP contribution in [0.3, 0.4) is 0 Å². The normalized spacial score (nSPS) is 14.8. The highest BCUT2D eigenvalue weighted by atomic mass is 16.5. The monoisotopic (exact) mass is 216 g/mol. The van der Waals surface area contributed by atoms with Gasteiger partial charge in [-0.1, -0.05) is 29.8 Å². The lowest BCUT2D eigenvalue weighted by Gasteiger charge is -2.18. The van der Waals surface area contributed by atoms with Crippen LogP contribution < -0.4 is 0 Å². The van der Waals surface area contributed by atoms with Gasteiger partial charge in [0, 0.05) is 12.0 Å². The molecule has 1 aliphatic rings. The summed E-state index contributed by atoms with van der Waals surface area (Å²) in [5.41, 5.74) is 2.59. The molecule has 0 fully saturated rings. The largest absolute Gasteiger partial charge is 0.465 e. The average molecular weight is 216 g/mol. The number of hydrogen-bond acceptors (Lipinski definition) is 3. The Bertz CT molecular complexity index is 498. The summed E-state index contributed by atoms with van der Waals surface area (Å²) < 4.78 is 4.74. The zero-order chi connectivity index (χ0) is 11.7. The van der Waals surface area contributed by atoms with Crippen molar-refractivity contribution in [2.24, 2.45) is 0 Å². The molecule has 0 amide bonds. The molecule has 2 rings (SSSR count). The van der Waals surface area contributed by atoms with E-state index in [0.29, 0.717) is 23.1 Å². The number of Topliss-reactive ketones (excluding diaryl/α,β-unsaturated/α-hetero) is 1. The molecule has 0 atom stereocenters. The van der Waals surface area contributed by atoms with E-state index in [1.165, 1.54) is 7.11 Å². The third-order valence-electron chi connectivity index (χ3n) is 2.74. The Balaban J connectivity index is 2.64. The molecule has 0 aliphatic heterocycles. The Labute approximate surface area is 93.7 Å². The minimum absolute atomic E-state index is 0.0563. The number of carbonyl (C=O) groups is 2. The highest BCUT2D eigenvalue weighted by Crippen LogP contribution is 2.31. The fraction of sp³-hybridized carbons (Fsp3) is 0.231. The maximum Gasteiger partial charge on any atom is 0.338 e. The summed E-state index contributed by atoms with van der Waals surface area (Å²) >= 11 is 0. The van der Waals surface area contributed by atoms with Crippen LogP contribution in [0.5, 0.6) is 0 Å². The van der Waals surface area contributed by atoms with Crippen LogP contribution in [0, 0.1) is 0 Å². The lowest BCUT2D eigenvalue weighted by molar-refractivity contribution is -0.133. The van der Waals surface area contributed by atoms with E-state index in [1.54, 1.807) is 25.1 Å². The zero-order valence-electron chi connectivity index (χ0n) is 9.24. The third-order valence-corrected chi connectivity index (χ3v) is 2.74. The van der Waals surface area contributed by atoms with E-state index in [1.807, 2.05) is 6.07 Å². The van der Waals surface area contributed by atoms with Crippen LogP contribution in [-0.2, 0) is 9.53 Å². The molecule has 0 radical (unpaired) electrons. The third kappa shape index (κ3) is 1.54. The summed E-state index contributed by atoms with van der Waals surface area (Å²) in [6.45, 7) is 1.79. The van der Waals surface area contributed by atoms with Gasteiger partial charge in [-0.25, -0.2) is 4.79 Å². The standard InChI is InChI=1S/C13H12O3/c1-8-7-11(14)9-5-3-4-6-10(9)12(8)13(15)16-2/h3-6H,7H2,1-2H3. The fourth-order valence-electron chi connectivity index (χ4n) is 1.98. The van der Waals surface area contributed by atoms with Gasteiger partial charge < -0.3 is 4.74 Å². The predicted molar refractivity (Wildman–Crippen MR) is 60.0 cm³/mol. The summed E-state index contributed by atoms with van der Waals surface area (Å²) in [5, 5.41) is 0. The molecule has 0 unspecified atom stereocenters. The molecule has 82 valence electrons. The molecule has 16 heavy (non-hydrogen) atoms. The summed E-state index contributed by atoms with van der Waals surface area (Å²) in [7, 11) is 1.35. The smallest absolute Gasteiger partial charge is 0.338 e.